The minimum Gasteiger partial charge on any atom is -0.494 e. The molecule has 178 valence electrons. The van der Waals surface area contributed by atoms with Gasteiger partial charge in [0.1, 0.15) is 5.75 Å². The van der Waals surface area contributed by atoms with Gasteiger partial charge in [-0.3, -0.25) is 9.59 Å². The van der Waals surface area contributed by atoms with Crippen LogP contribution in [0.2, 0.25) is 0 Å². The minimum atomic E-state index is -0.989. The lowest BCUT2D eigenvalue weighted by molar-refractivity contribution is -0.153. The average Bonchev–Trinajstić information content (AvgIpc) is 3.17. The zero-order valence-corrected chi connectivity index (χ0v) is 19.5. The van der Waals surface area contributed by atoms with Gasteiger partial charge in [-0.1, -0.05) is 36.8 Å². The second kappa shape index (κ2) is 8.46. The summed E-state index contributed by atoms with van der Waals surface area (Å²) in [6.07, 6.45) is 11.9. The summed E-state index contributed by atoms with van der Waals surface area (Å²) >= 11 is 0. The van der Waals surface area contributed by atoms with Crippen LogP contribution in [-0.4, -0.2) is 43.0 Å². The molecule has 1 aromatic carbocycles. The Morgan fingerprint density at radius 3 is 2.09 bits per heavy atom. The van der Waals surface area contributed by atoms with E-state index in [0.717, 1.165) is 38.0 Å². The Bertz CT molecular complexity index is 922. The Kier molecular flexibility index (Phi) is 5.76. The van der Waals surface area contributed by atoms with E-state index in [9.17, 15) is 9.59 Å². The molecule has 1 heterocycles. The summed E-state index contributed by atoms with van der Waals surface area (Å²) < 4.78 is 6.01. The first-order chi connectivity index (χ1) is 16.0. The van der Waals surface area contributed by atoms with Gasteiger partial charge in [-0.15, -0.1) is 0 Å². The third-order valence-corrected chi connectivity index (χ3v) is 9.30. The number of unbranched alkanes of at least 4 members (excludes halogenated alkanes) is 1. The number of nitrogens with zero attached hydrogens (tertiary/aromatic N) is 1. The van der Waals surface area contributed by atoms with Crippen LogP contribution in [0.15, 0.2) is 42.5 Å². The van der Waals surface area contributed by atoms with Gasteiger partial charge in [-0.2, -0.15) is 0 Å². The Morgan fingerprint density at radius 2 is 1.52 bits per heavy atom. The van der Waals surface area contributed by atoms with Crippen LogP contribution in [0.3, 0.4) is 0 Å². The molecule has 3 fully saturated rings. The highest BCUT2D eigenvalue weighted by molar-refractivity contribution is 5.95. The number of ether oxygens (including phenoxy) is 1. The van der Waals surface area contributed by atoms with Crippen LogP contribution in [0.1, 0.15) is 51.4 Å². The maximum Gasteiger partial charge on any atom is 0.225 e. The molecule has 4 N–H and O–H groups in total. The van der Waals surface area contributed by atoms with Crippen LogP contribution >= 0.6 is 0 Å². The molecule has 1 aliphatic heterocycles. The standard InChI is InChI=1S/C27H37N3O3/c28-23(31)26(12-4-5-16-30-17-6-7-18-30)21-10-11-22(25(21)13-14-25)27(26,24(29)32)15-19-33-20-8-2-1-3-9-20/h1-3,8-11,21-22H,4-7,12-19H2,(H2,28,31)(H2,29,32)/t21-,22+,26+,27+/m1/s1. The Hall–Kier alpha value is -2.34. The van der Waals surface area contributed by atoms with Crippen molar-refractivity contribution in [1.29, 1.82) is 0 Å². The summed E-state index contributed by atoms with van der Waals surface area (Å²) in [7, 11) is 0. The molecule has 6 heteroatoms. The first-order valence-corrected chi connectivity index (χ1v) is 12.7. The fraction of sp³-hybridized carbons (Fsp3) is 0.630. The minimum absolute atomic E-state index is 0.00325. The molecule has 5 rings (SSSR count). The van der Waals surface area contributed by atoms with Crippen LogP contribution < -0.4 is 16.2 Å². The van der Waals surface area contributed by atoms with Crippen molar-refractivity contribution < 1.29 is 14.3 Å². The van der Waals surface area contributed by atoms with E-state index in [4.69, 9.17) is 16.2 Å². The SMILES string of the molecule is NC(=O)[C@]1(CCCCN2CCCC2)[C@@H]2C=C[C@@H](C23CC3)[C@@]1(CCOc1ccccc1)C(N)=O. The molecule has 4 atom stereocenters. The van der Waals surface area contributed by atoms with E-state index in [0.29, 0.717) is 19.4 Å². The highest BCUT2D eigenvalue weighted by Crippen LogP contribution is 2.81. The fourth-order valence-electron chi connectivity index (χ4n) is 7.77. The molecule has 3 aliphatic carbocycles. The van der Waals surface area contributed by atoms with Crippen molar-refractivity contribution in [3.05, 3.63) is 42.5 Å². The number of carbonyl (C=O) groups excluding carboxylic acids is 2. The molecule has 1 aromatic rings. The number of nitrogens with two attached hydrogens (primary N) is 2. The van der Waals surface area contributed by atoms with Gasteiger partial charge in [0.15, 0.2) is 0 Å². The molecule has 1 spiro atoms. The summed E-state index contributed by atoms with van der Waals surface area (Å²) in [6.45, 7) is 3.71. The summed E-state index contributed by atoms with van der Waals surface area (Å²) in [5.74, 6) is -0.0142. The first kappa shape index (κ1) is 22.5. The first-order valence-electron chi connectivity index (χ1n) is 12.7. The Balaban J connectivity index is 1.41. The number of rotatable bonds is 11. The molecule has 0 unspecified atom stereocenters. The largest absolute Gasteiger partial charge is 0.494 e. The number of hydrogen-bond acceptors (Lipinski definition) is 4. The van der Waals surface area contributed by atoms with Crippen molar-refractivity contribution in [2.24, 2.45) is 39.5 Å². The third kappa shape index (κ3) is 3.32. The van der Waals surface area contributed by atoms with Gasteiger partial charge in [0.25, 0.3) is 0 Å². The number of allylic oxidation sites excluding steroid dienone is 2. The van der Waals surface area contributed by atoms with Crippen molar-refractivity contribution in [2.75, 3.05) is 26.2 Å². The number of hydrogen-bond donors (Lipinski definition) is 2. The average molecular weight is 452 g/mol. The van der Waals surface area contributed by atoms with Gasteiger partial charge in [-0.25, -0.2) is 0 Å². The highest BCUT2D eigenvalue weighted by atomic mass is 16.5. The number of carbonyl (C=O) groups is 2. The number of amides is 2. The van der Waals surface area contributed by atoms with Crippen molar-refractivity contribution >= 4 is 11.8 Å². The molecule has 2 bridgehead atoms. The lowest BCUT2D eigenvalue weighted by Crippen LogP contribution is -2.59. The second-order valence-corrected chi connectivity index (χ2v) is 10.7. The molecule has 0 radical (unpaired) electrons. The normalized spacial score (nSPS) is 33.6. The molecule has 1 saturated heterocycles. The monoisotopic (exact) mass is 451 g/mol. The predicted octanol–water partition coefficient (Wildman–Crippen LogP) is 3.26. The molecule has 2 amide bonds. The van der Waals surface area contributed by atoms with E-state index < -0.39 is 10.8 Å². The van der Waals surface area contributed by atoms with Crippen LogP contribution in [0, 0.1) is 28.1 Å². The summed E-state index contributed by atoms with van der Waals surface area (Å²) in [4.78, 5) is 29.2. The van der Waals surface area contributed by atoms with Gasteiger partial charge in [0.2, 0.25) is 11.8 Å². The number of likely N-dealkylation sites (tertiary alicyclic amines) is 1. The quantitative estimate of drug-likeness (QED) is 0.398. The van der Waals surface area contributed by atoms with Gasteiger partial charge in [0, 0.05) is 0 Å². The number of primary amides is 2. The topological polar surface area (TPSA) is 98.7 Å². The molecular weight excluding hydrogens is 414 g/mol. The van der Waals surface area contributed by atoms with Crippen molar-refractivity contribution in [2.45, 2.75) is 51.4 Å². The van der Waals surface area contributed by atoms with Gasteiger partial charge in [-0.05, 0) is 94.0 Å². The van der Waals surface area contributed by atoms with Crippen LogP contribution in [-0.2, 0) is 9.59 Å². The van der Waals surface area contributed by atoms with Crippen molar-refractivity contribution in [3.8, 4) is 5.75 Å². The van der Waals surface area contributed by atoms with E-state index in [1.165, 1.54) is 25.9 Å². The summed E-state index contributed by atoms with van der Waals surface area (Å²) in [5, 5.41) is 0. The predicted molar refractivity (Wildman–Crippen MR) is 127 cm³/mol. The zero-order valence-electron chi connectivity index (χ0n) is 19.5. The lowest BCUT2D eigenvalue weighted by Gasteiger charge is -2.48. The number of benzene rings is 1. The van der Waals surface area contributed by atoms with E-state index in [2.05, 4.69) is 17.1 Å². The van der Waals surface area contributed by atoms with Crippen molar-refractivity contribution in [1.82, 2.24) is 4.90 Å². The molecule has 0 aromatic heterocycles. The summed E-state index contributed by atoms with van der Waals surface area (Å²) in [5.41, 5.74) is 10.5. The van der Waals surface area contributed by atoms with E-state index in [-0.39, 0.29) is 29.1 Å². The maximum absolute atomic E-state index is 13.4. The molecule has 2 saturated carbocycles. The van der Waals surface area contributed by atoms with Gasteiger partial charge in [0.05, 0.1) is 17.4 Å². The molecule has 4 aliphatic rings. The molecule has 33 heavy (non-hydrogen) atoms. The molecule has 6 nitrogen and oxygen atoms in total. The fourth-order valence-corrected chi connectivity index (χ4v) is 7.77. The van der Waals surface area contributed by atoms with E-state index in [1.807, 2.05) is 30.3 Å². The molecular formula is C27H37N3O3. The maximum atomic E-state index is 13.4. The highest BCUT2D eigenvalue weighted by Gasteiger charge is 2.81. The zero-order chi connectivity index (χ0) is 23.1. The lowest BCUT2D eigenvalue weighted by atomic mass is 9.53. The Labute approximate surface area is 196 Å². The van der Waals surface area contributed by atoms with Gasteiger partial charge >= 0.3 is 0 Å². The van der Waals surface area contributed by atoms with Crippen molar-refractivity contribution in [3.63, 3.8) is 0 Å². The van der Waals surface area contributed by atoms with E-state index in [1.54, 1.807) is 0 Å². The number of para-hydroxylation sites is 1. The van der Waals surface area contributed by atoms with Crippen LogP contribution in [0.25, 0.3) is 0 Å². The smallest absolute Gasteiger partial charge is 0.225 e. The van der Waals surface area contributed by atoms with Crippen LogP contribution in [0.4, 0.5) is 0 Å². The second-order valence-electron chi connectivity index (χ2n) is 10.7. The van der Waals surface area contributed by atoms with Gasteiger partial charge < -0.3 is 21.1 Å². The van der Waals surface area contributed by atoms with E-state index >= 15 is 0 Å². The summed E-state index contributed by atoms with van der Waals surface area (Å²) in [6, 6.07) is 9.59. The Morgan fingerprint density at radius 1 is 0.909 bits per heavy atom. The van der Waals surface area contributed by atoms with Crippen LogP contribution in [0.5, 0.6) is 5.75 Å². The third-order valence-electron chi connectivity index (χ3n) is 9.30.